The molecule has 1 aliphatic heterocycles. The molecule has 2 aromatic rings. The van der Waals surface area contributed by atoms with Gasteiger partial charge in [-0.2, -0.15) is 0 Å². The predicted octanol–water partition coefficient (Wildman–Crippen LogP) is 1.56. The maximum Gasteiger partial charge on any atom is 0.309 e. The molecule has 1 aliphatic rings. The lowest BCUT2D eigenvalue weighted by atomic mass is 10.0. The summed E-state index contributed by atoms with van der Waals surface area (Å²) in [7, 11) is 3.62. The van der Waals surface area contributed by atoms with Crippen LogP contribution in [-0.2, 0) is 16.1 Å². The van der Waals surface area contributed by atoms with Gasteiger partial charge in [0, 0.05) is 44.8 Å². The van der Waals surface area contributed by atoms with E-state index in [1.54, 1.807) is 25.3 Å². The highest BCUT2D eigenvalue weighted by molar-refractivity contribution is 6.35. The average molecular weight is 429 g/mol. The van der Waals surface area contributed by atoms with Crippen molar-refractivity contribution in [2.45, 2.75) is 12.6 Å². The lowest BCUT2D eigenvalue weighted by molar-refractivity contribution is -0.139. The number of hydrogen-bond acceptors (Lipinski definition) is 5. The second-order valence-electron chi connectivity index (χ2n) is 7.61. The van der Waals surface area contributed by atoms with Crippen LogP contribution in [0.25, 0.3) is 0 Å². The molecule has 2 amide bonds. The Labute approximate surface area is 182 Å². The van der Waals surface area contributed by atoms with Crippen molar-refractivity contribution in [1.29, 1.82) is 0 Å². The van der Waals surface area contributed by atoms with E-state index < -0.39 is 11.8 Å². The van der Waals surface area contributed by atoms with Crippen molar-refractivity contribution >= 4 is 11.8 Å². The summed E-state index contributed by atoms with van der Waals surface area (Å²) in [5.41, 5.74) is 1.69. The quantitative estimate of drug-likeness (QED) is 0.655. The fourth-order valence-electron chi connectivity index (χ4n) is 3.65. The molecule has 31 heavy (non-hydrogen) atoms. The predicted molar refractivity (Wildman–Crippen MR) is 116 cm³/mol. The number of amides is 2. The third-order valence-electron chi connectivity index (χ3n) is 5.53. The van der Waals surface area contributed by atoms with Gasteiger partial charge >= 0.3 is 11.8 Å². The van der Waals surface area contributed by atoms with E-state index in [2.05, 4.69) is 27.5 Å². The minimum Gasteiger partial charge on any atom is -0.496 e. The van der Waals surface area contributed by atoms with E-state index in [1.165, 1.54) is 12.1 Å². The minimum atomic E-state index is -0.706. The highest BCUT2D eigenvalue weighted by Gasteiger charge is 2.25. The third-order valence-corrected chi connectivity index (χ3v) is 5.53. The highest BCUT2D eigenvalue weighted by atomic mass is 19.1. The van der Waals surface area contributed by atoms with Crippen molar-refractivity contribution in [1.82, 2.24) is 20.4 Å². The van der Waals surface area contributed by atoms with Gasteiger partial charge in [0.05, 0.1) is 13.2 Å². The summed E-state index contributed by atoms with van der Waals surface area (Å²) in [6.45, 7) is 3.92. The van der Waals surface area contributed by atoms with Crippen LogP contribution in [0, 0.1) is 5.82 Å². The van der Waals surface area contributed by atoms with Crippen LogP contribution >= 0.6 is 0 Å². The number of carbonyl (C=O) groups is 2. The van der Waals surface area contributed by atoms with Crippen LogP contribution < -0.4 is 15.4 Å². The van der Waals surface area contributed by atoms with Gasteiger partial charge < -0.3 is 20.3 Å². The number of nitrogens with zero attached hydrogens (tertiary/aromatic N) is 2. The Morgan fingerprint density at radius 1 is 1.00 bits per heavy atom. The molecule has 2 N–H and O–H groups in total. The molecule has 1 atom stereocenters. The monoisotopic (exact) mass is 428 g/mol. The first-order chi connectivity index (χ1) is 15.0. The van der Waals surface area contributed by atoms with Crippen LogP contribution in [0.15, 0.2) is 48.5 Å². The van der Waals surface area contributed by atoms with Gasteiger partial charge in [0.25, 0.3) is 0 Å². The van der Waals surface area contributed by atoms with E-state index in [0.717, 1.165) is 37.3 Å². The summed E-state index contributed by atoms with van der Waals surface area (Å²) in [5, 5.41) is 5.37. The fraction of sp³-hybridized carbons (Fsp3) is 0.391. The summed E-state index contributed by atoms with van der Waals surface area (Å²) in [4.78, 5) is 29.2. The first-order valence-electron chi connectivity index (χ1n) is 10.3. The highest BCUT2D eigenvalue weighted by Crippen LogP contribution is 2.22. The number of ether oxygens (including phenoxy) is 1. The van der Waals surface area contributed by atoms with Gasteiger partial charge in [-0.15, -0.1) is 0 Å². The van der Waals surface area contributed by atoms with Gasteiger partial charge in [-0.05, 0) is 30.8 Å². The first kappa shape index (κ1) is 22.7. The summed E-state index contributed by atoms with van der Waals surface area (Å²) < 4.78 is 18.7. The van der Waals surface area contributed by atoms with Crippen LogP contribution in [0.4, 0.5) is 4.39 Å². The zero-order chi connectivity index (χ0) is 22.2. The Morgan fingerprint density at radius 2 is 1.65 bits per heavy atom. The molecule has 0 radical (unpaired) electrons. The standard InChI is InChI=1S/C23H29FN4O3/c1-27-11-13-28(14-12-27)20(17-7-9-19(24)10-8-17)16-26-23(30)22(29)25-15-18-5-3-4-6-21(18)31-2/h3-10,20H,11-16H2,1-2H3,(H,25,29)(H,26,30). The molecule has 0 aromatic heterocycles. The zero-order valence-corrected chi connectivity index (χ0v) is 17.9. The molecule has 1 unspecified atom stereocenters. The number of halogens is 1. The molecular weight excluding hydrogens is 399 g/mol. The van der Waals surface area contributed by atoms with Crippen LogP contribution in [0.1, 0.15) is 17.2 Å². The number of hydrogen-bond donors (Lipinski definition) is 2. The van der Waals surface area contributed by atoms with Crippen LogP contribution in [0.2, 0.25) is 0 Å². The van der Waals surface area contributed by atoms with E-state index in [0.29, 0.717) is 5.75 Å². The van der Waals surface area contributed by atoms with E-state index in [9.17, 15) is 14.0 Å². The van der Waals surface area contributed by atoms with Crippen molar-refractivity contribution in [2.75, 3.05) is 46.9 Å². The Morgan fingerprint density at radius 3 is 2.32 bits per heavy atom. The summed E-state index contributed by atoms with van der Waals surface area (Å²) in [5.74, 6) is -1.06. The molecular formula is C23H29FN4O3. The number of para-hydroxylation sites is 1. The van der Waals surface area contributed by atoms with Crippen LogP contribution in [0.3, 0.4) is 0 Å². The zero-order valence-electron chi connectivity index (χ0n) is 17.9. The Hall–Kier alpha value is -2.97. The van der Waals surface area contributed by atoms with E-state index >= 15 is 0 Å². The fourth-order valence-corrected chi connectivity index (χ4v) is 3.65. The van der Waals surface area contributed by atoms with Crippen LogP contribution in [-0.4, -0.2) is 68.5 Å². The van der Waals surface area contributed by atoms with Crippen LogP contribution in [0.5, 0.6) is 5.75 Å². The number of rotatable bonds is 7. The van der Waals surface area contributed by atoms with Gasteiger partial charge in [0.1, 0.15) is 11.6 Å². The van der Waals surface area contributed by atoms with Crippen molar-refractivity contribution in [2.24, 2.45) is 0 Å². The third kappa shape index (κ3) is 6.26. The molecule has 3 rings (SSSR count). The number of likely N-dealkylation sites (N-methyl/N-ethyl adjacent to an activating group) is 1. The Bertz CT molecular complexity index is 883. The van der Waals surface area contributed by atoms with Gasteiger partial charge in [-0.25, -0.2) is 4.39 Å². The normalized spacial score (nSPS) is 15.8. The molecule has 1 fully saturated rings. The molecule has 7 nitrogen and oxygen atoms in total. The van der Waals surface area contributed by atoms with Gasteiger partial charge in [-0.3, -0.25) is 14.5 Å². The number of benzene rings is 2. The molecule has 166 valence electrons. The second kappa shape index (κ2) is 10.9. The van der Waals surface area contributed by atoms with Crippen molar-refractivity contribution in [3.8, 4) is 5.75 Å². The topological polar surface area (TPSA) is 73.9 Å². The smallest absolute Gasteiger partial charge is 0.309 e. The van der Waals surface area contributed by atoms with Gasteiger partial charge in [0.15, 0.2) is 0 Å². The lowest BCUT2D eigenvalue weighted by Gasteiger charge is -2.38. The number of piperazine rings is 1. The first-order valence-corrected chi connectivity index (χ1v) is 10.3. The van der Waals surface area contributed by atoms with Crippen molar-refractivity contribution < 1.29 is 18.7 Å². The molecule has 1 saturated heterocycles. The molecule has 1 heterocycles. The van der Waals surface area contributed by atoms with E-state index in [4.69, 9.17) is 4.74 Å². The number of carbonyl (C=O) groups excluding carboxylic acids is 2. The Kier molecular flexibility index (Phi) is 7.97. The molecule has 0 bridgehead atoms. The number of nitrogens with one attached hydrogen (secondary N) is 2. The summed E-state index contributed by atoms with van der Waals surface area (Å²) in [6.07, 6.45) is 0. The maximum atomic E-state index is 13.4. The maximum absolute atomic E-state index is 13.4. The Balaban J connectivity index is 1.60. The molecule has 0 spiro atoms. The second-order valence-corrected chi connectivity index (χ2v) is 7.61. The minimum absolute atomic E-state index is 0.139. The van der Waals surface area contributed by atoms with Gasteiger partial charge in [-0.1, -0.05) is 30.3 Å². The molecule has 0 saturated carbocycles. The molecule has 0 aliphatic carbocycles. The van der Waals surface area contributed by atoms with Crippen molar-refractivity contribution in [3.63, 3.8) is 0 Å². The van der Waals surface area contributed by atoms with Crippen molar-refractivity contribution in [3.05, 3.63) is 65.5 Å². The molecule has 8 heteroatoms. The van der Waals surface area contributed by atoms with E-state index in [1.807, 2.05) is 18.2 Å². The summed E-state index contributed by atoms with van der Waals surface area (Å²) >= 11 is 0. The van der Waals surface area contributed by atoms with Gasteiger partial charge in [0.2, 0.25) is 0 Å². The van der Waals surface area contributed by atoms with E-state index in [-0.39, 0.29) is 24.9 Å². The lowest BCUT2D eigenvalue weighted by Crippen LogP contribution is -2.49. The summed E-state index contributed by atoms with van der Waals surface area (Å²) in [6, 6.07) is 13.5. The largest absolute Gasteiger partial charge is 0.496 e. The molecule has 2 aromatic carbocycles. The number of methoxy groups -OCH3 is 1. The average Bonchev–Trinajstić information content (AvgIpc) is 2.79. The SMILES string of the molecule is COc1ccccc1CNC(=O)C(=O)NCC(c1ccc(F)cc1)N1CCN(C)CC1.